The lowest BCUT2D eigenvalue weighted by molar-refractivity contribution is 0.570. The van der Waals surface area contributed by atoms with Gasteiger partial charge in [0.1, 0.15) is 0 Å². The normalized spacial score (nSPS) is 12.7. The Balaban J connectivity index is 2.33. The molecule has 114 valence electrons. The Bertz CT molecular complexity index is 631. The lowest BCUT2D eigenvalue weighted by Crippen LogP contribution is -2.19. The molecule has 21 heavy (non-hydrogen) atoms. The zero-order chi connectivity index (χ0) is 15.6. The number of benzene rings is 1. The monoisotopic (exact) mass is 305 g/mol. The van der Waals surface area contributed by atoms with Crippen LogP contribution in [0.5, 0.6) is 0 Å². The van der Waals surface area contributed by atoms with Crippen molar-refractivity contribution in [1.82, 2.24) is 15.1 Å². The van der Waals surface area contributed by atoms with Crippen molar-refractivity contribution in [3.8, 4) is 5.69 Å². The lowest BCUT2D eigenvalue weighted by Gasteiger charge is -2.15. The van der Waals surface area contributed by atoms with Gasteiger partial charge in [-0.05, 0) is 63.9 Å². The van der Waals surface area contributed by atoms with E-state index in [1.165, 1.54) is 11.1 Å². The molecule has 0 radical (unpaired) electrons. The molecule has 0 aliphatic carbocycles. The Morgan fingerprint density at radius 3 is 2.52 bits per heavy atom. The molecule has 1 atom stereocenters. The molecule has 0 saturated heterocycles. The number of hydrogen-bond acceptors (Lipinski definition) is 2. The fraction of sp³-hybridized carbons (Fsp3) is 0.471. The second kappa shape index (κ2) is 6.63. The molecule has 0 fully saturated rings. The molecule has 3 nitrogen and oxygen atoms in total. The van der Waals surface area contributed by atoms with Gasteiger partial charge in [-0.1, -0.05) is 24.6 Å². The lowest BCUT2D eigenvalue weighted by atomic mass is 10.1. The van der Waals surface area contributed by atoms with Crippen molar-refractivity contribution < 1.29 is 0 Å². The van der Waals surface area contributed by atoms with Gasteiger partial charge in [0.2, 0.25) is 0 Å². The van der Waals surface area contributed by atoms with E-state index >= 15 is 0 Å². The van der Waals surface area contributed by atoms with Crippen LogP contribution in [0.1, 0.15) is 48.8 Å². The predicted molar refractivity (Wildman–Crippen MR) is 89.5 cm³/mol. The van der Waals surface area contributed by atoms with Gasteiger partial charge in [-0.25, -0.2) is 4.68 Å². The standard InChI is InChI=1S/C17H24ClN3/c1-6-9-19-13(4)15-7-8-17(16(18)10-15)21-14(5)11(2)12(3)20-21/h7-8,10,13,19H,6,9H2,1-5H3. The summed E-state index contributed by atoms with van der Waals surface area (Å²) in [6.45, 7) is 11.5. The third-order valence-corrected chi connectivity index (χ3v) is 4.36. The number of hydrogen-bond donors (Lipinski definition) is 1. The summed E-state index contributed by atoms with van der Waals surface area (Å²) in [7, 11) is 0. The van der Waals surface area contributed by atoms with Crippen LogP contribution in [0.25, 0.3) is 5.69 Å². The molecule has 1 N–H and O–H groups in total. The number of nitrogens with zero attached hydrogens (tertiary/aromatic N) is 2. The van der Waals surface area contributed by atoms with Gasteiger partial charge in [0, 0.05) is 11.7 Å². The molecule has 0 bridgehead atoms. The van der Waals surface area contributed by atoms with E-state index in [1.54, 1.807) is 0 Å². The molecule has 0 spiro atoms. The molecule has 1 aromatic heterocycles. The first-order valence-electron chi connectivity index (χ1n) is 7.51. The fourth-order valence-electron chi connectivity index (χ4n) is 2.40. The third kappa shape index (κ3) is 3.30. The highest BCUT2D eigenvalue weighted by Gasteiger charge is 2.13. The Hall–Kier alpha value is -1.32. The maximum atomic E-state index is 6.49. The van der Waals surface area contributed by atoms with Gasteiger partial charge in [-0.15, -0.1) is 0 Å². The summed E-state index contributed by atoms with van der Waals surface area (Å²) < 4.78 is 1.93. The Morgan fingerprint density at radius 1 is 1.29 bits per heavy atom. The number of rotatable bonds is 5. The van der Waals surface area contributed by atoms with E-state index in [0.717, 1.165) is 35.1 Å². The van der Waals surface area contributed by atoms with Crippen LogP contribution in [-0.4, -0.2) is 16.3 Å². The van der Waals surface area contributed by atoms with E-state index in [1.807, 2.05) is 17.7 Å². The second-order valence-corrected chi connectivity index (χ2v) is 6.00. The SMILES string of the molecule is CCCNC(C)c1ccc(-n2nc(C)c(C)c2C)c(Cl)c1. The molecule has 0 aliphatic heterocycles. The zero-order valence-corrected chi connectivity index (χ0v) is 14.3. The van der Waals surface area contributed by atoms with Gasteiger partial charge in [0.25, 0.3) is 0 Å². The van der Waals surface area contributed by atoms with E-state index < -0.39 is 0 Å². The summed E-state index contributed by atoms with van der Waals surface area (Å²) in [6.07, 6.45) is 1.13. The van der Waals surface area contributed by atoms with Gasteiger partial charge in [-0.3, -0.25) is 0 Å². The van der Waals surface area contributed by atoms with Gasteiger partial charge in [0.05, 0.1) is 16.4 Å². The molecule has 0 saturated carbocycles. The molecule has 1 heterocycles. The topological polar surface area (TPSA) is 29.9 Å². The van der Waals surface area contributed by atoms with E-state index in [2.05, 4.69) is 50.2 Å². The molecular formula is C17H24ClN3. The minimum atomic E-state index is 0.304. The van der Waals surface area contributed by atoms with Gasteiger partial charge in [-0.2, -0.15) is 5.10 Å². The summed E-state index contributed by atoms with van der Waals surface area (Å²) in [5.41, 5.74) is 5.55. The van der Waals surface area contributed by atoms with Crippen LogP contribution in [0, 0.1) is 20.8 Å². The summed E-state index contributed by atoms with van der Waals surface area (Å²) in [5.74, 6) is 0. The molecule has 1 aromatic carbocycles. The minimum absolute atomic E-state index is 0.304. The largest absolute Gasteiger partial charge is 0.310 e. The van der Waals surface area contributed by atoms with Gasteiger partial charge >= 0.3 is 0 Å². The van der Waals surface area contributed by atoms with E-state index in [0.29, 0.717) is 6.04 Å². The highest BCUT2D eigenvalue weighted by molar-refractivity contribution is 6.32. The van der Waals surface area contributed by atoms with Gasteiger partial charge in [0.15, 0.2) is 0 Å². The Labute approximate surface area is 132 Å². The van der Waals surface area contributed by atoms with Crippen LogP contribution in [-0.2, 0) is 0 Å². The quantitative estimate of drug-likeness (QED) is 0.880. The summed E-state index contributed by atoms with van der Waals surface area (Å²) in [6, 6.07) is 6.52. The highest BCUT2D eigenvalue weighted by Crippen LogP contribution is 2.27. The number of halogens is 1. The molecule has 2 rings (SSSR count). The summed E-state index contributed by atoms with van der Waals surface area (Å²) in [4.78, 5) is 0. The van der Waals surface area contributed by atoms with E-state index in [4.69, 9.17) is 11.6 Å². The van der Waals surface area contributed by atoms with Crippen molar-refractivity contribution in [2.45, 2.75) is 47.1 Å². The molecule has 2 aromatic rings. The molecular weight excluding hydrogens is 282 g/mol. The van der Waals surface area contributed by atoms with Crippen LogP contribution in [0.15, 0.2) is 18.2 Å². The van der Waals surface area contributed by atoms with Crippen LogP contribution < -0.4 is 5.32 Å². The average molecular weight is 306 g/mol. The number of aromatic nitrogens is 2. The maximum Gasteiger partial charge on any atom is 0.0835 e. The fourth-order valence-corrected chi connectivity index (χ4v) is 2.67. The summed E-state index contributed by atoms with van der Waals surface area (Å²) >= 11 is 6.49. The first-order valence-corrected chi connectivity index (χ1v) is 7.89. The van der Waals surface area contributed by atoms with Crippen molar-refractivity contribution >= 4 is 11.6 Å². The molecule has 4 heteroatoms. The van der Waals surface area contributed by atoms with E-state index in [9.17, 15) is 0 Å². The van der Waals surface area contributed by atoms with Crippen molar-refractivity contribution in [3.63, 3.8) is 0 Å². The van der Waals surface area contributed by atoms with Crippen molar-refractivity contribution in [2.24, 2.45) is 0 Å². The first-order chi connectivity index (χ1) is 9.95. The van der Waals surface area contributed by atoms with Crippen molar-refractivity contribution in [3.05, 3.63) is 45.7 Å². The van der Waals surface area contributed by atoms with Crippen molar-refractivity contribution in [2.75, 3.05) is 6.54 Å². The summed E-state index contributed by atoms with van der Waals surface area (Å²) in [5, 5.41) is 8.80. The Morgan fingerprint density at radius 2 is 2.00 bits per heavy atom. The molecule has 0 aliphatic rings. The Kier molecular flexibility index (Phi) is 5.07. The van der Waals surface area contributed by atoms with E-state index in [-0.39, 0.29) is 0 Å². The molecule has 0 amide bonds. The minimum Gasteiger partial charge on any atom is -0.310 e. The maximum absolute atomic E-state index is 6.49. The van der Waals surface area contributed by atoms with Crippen LogP contribution >= 0.6 is 11.6 Å². The predicted octanol–water partition coefficient (Wildman–Crippen LogP) is 4.51. The first kappa shape index (κ1) is 16.1. The number of aryl methyl sites for hydroxylation is 1. The highest BCUT2D eigenvalue weighted by atomic mass is 35.5. The second-order valence-electron chi connectivity index (χ2n) is 5.59. The molecule has 1 unspecified atom stereocenters. The number of nitrogens with one attached hydrogen (secondary N) is 1. The smallest absolute Gasteiger partial charge is 0.0835 e. The zero-order valence-electron chi connectivity index (χ0n) is 13.5. The van der Waals surface area contributed by atoms with Crippen LogP contribution in [0.2, 0.25) is 5.02 Å². The average Bonchev–Trinajstić information content (AvgIpc) is 2.72. The van der Waals surface area contributed by atoms with Crippen LogP contribution in [0.4, 0.5) is 0 Å². The third-order valence-electron chi connectivity index (χ3n) is 4.05. The van der Waals surface area contributed by atoms with Gasteiger partial charge < -0.3 is 5.32 Å². The van der Waals surface area contributed by atoms with Crippen molar-refractivity contribution in [1.29, 1.82) is 0 Å². The van der Waals surface area contributed by atoms with Crippen LogP contribution in [0.3, 0.4) is 0 Å².